The van der Waals surface area contributed by atoms with Crippen LogP contribution in [0.15, 0.2) is 24.3 Å². The smallest absolute Gasteiger partial charge is 0.321 e. The lowest BCUT2D eigenvalue weighted by Gasteiger charge is -2.12. The number of hydrogen-bond acceptors (Lipinski definition) is 2. The summed E-state index contributed by atoms with van der Waals surface area (Å²) in [4.78, 5) is 23.2. The third kappa shape index (κ3) is 2.10. The molecule has 0 spiro atoms. The first-order chi connectivity index (χ1) is 6.52. The molecule has 3 amide bonds. The Hall–Kier alpha value is -1.84. The standard InChI is InChI=1S/C10H12N2O2/c1-7-4-3-5-8(6-7)9(13)12(2)10(11)14/h3-6H,1-2H3,(H2,11,14). The minimum atomic E-state index is -0.753. The van der Waals surface area contributed by atoms with E-state index in [4.69, 9.17) is 5.73 Å². The van der Waals surface area contributed by atoms with Crippen LogP contribution in [-0.2, 0) is 0 Å². The van der Waals surface area contributed by atoms with E-state index >= 15 is 0 Å². The molecule has 1 rings (SSSR count). The maximum Gasteiger partial charge on any atom is 0.321 e. The molecule has 4 heteroatoms. The number of imide groups is 1. The van der Waals surface area contributed by atoms with Crippen LogP contribution in [0.4, 0.5) is 4.79 Å². The highest BCUT2D eigenvalue weighted by atomic mass is 16.2. The molecule has 2 N–H and O–H groups in total. The predicted octanol–water partition coefficient (Wildman–Crippen LogP) is 1.15. The monoisotopic (exact) mass is 192 g/mol. The fourth-order valence-electron chi connectivity index (χ4n) is 1.07. The largest absolute Gasteiger partial charge is 0.351 e. The van der Waals surface area contributed by atoms with E-state index in [1.807, 2.05) is 13.0 Å². The van der Waals surface area contributed by atoms with Crippen molar-refractivity contribution in [1.29, 1.82) is 0 Å². The number of rotatable bonds is 1. The van der Waals surface area contributed by atoms with Gasteiger partial charge in [0, 0.05) is 12.6 Å². The van der Waals surface area contributed by atoms with Gasteiger partial charge in [-0.25, -0.2) is 4.79 Å². The fraction of sp³-hybridized carbons (Fsp3) is 0.200. The summed E-state index contributed by atoms with van der Waals surface area (Å²) in [5, 5.41) is 0. The third-order valence-electron chi connectivity index (χ3n) is 1.90. The van der Waals surface area contributed by atoms with E-state index in [2.05, 4.69) is 0 Å². The average Bonchev–Trinajstić information content (AvgIpc) is 2.15. The lowest BCUT2D eigenvalue weighted by molar-refractivity contribution is 0.0838. The summed E-state index contributed by atoms with van der Waals surface area (Å²) in [6.07, 6.45) is 0. The molecule has 0 aliphatic rings. The molecule has 74 valence electrons. The highest BCUT2D eigenvalue weighted by molar-refractivity contribution is 6.03. The molecule has 1 aromatic carbocycles. The van der Waals surface area contributed by atoms with Crippen molar-refractivity contribution in [2.24, 2.45) is 5.73 Å². The van der Waals surface area contributed by atoms with Crippen LogP contribution in [-0.4, -0.2) is 23.9 Å². The molecule has 0 saturated carbocycles. The maximum atomic E-state index is 11.6. The number of nitrogens with zero attached hydrogens (tertiary/aromatic N) is 1. The molecule has 0 fully saturated rings. The van der Waals surface area contributed by atoms with Crippen molar-refractivity contribution in [1.82, 2.24) is 4.90 Å². The molecular formula is C10H12N2O2. The molecule has 0 aliphatic carbocycles. The van der Waals surface area contributed by atoms with E-state index in [1.165, 1.54) is 7.05 Å². The number of primary amides is 1. The number of nitrogens with two attached hydrogens (primary N) is 1. The number of amides is 3. The van der Waals surface area contributed by atoms with Gasteiger partial charge in [0.25, 0.3) is 5.91 Å². The first-order valence-electron chi connectivity index (χ1n) is 4.16. The predicted molar refractivity (Wildman–Crippen MR) is 52.9 cm³/mol. The van der Waals surface area contributed by atoms with Crippen molar-refractivity contribution in [2.75, 3.05) is 7.05 Å². The SMILES string of the molecule is Cc1cccc(C(=O)N(C)C(N)=O)c1. The van der Waals surface area contributed by atoms with Crippen molar-refractivity contribution in [3.05, 3.63) is 35.4 Å². The third-order valence-corrected chi connectivity index (χ3v) is 1.90. The quantitative estimate of drug-likeness (QED) is 0.725. The zero-order chi connectivity index (χ0) is 10.7. The minimum absolute atomic E-state index is 0.388. The lowest BCUT2D eigenvalue weighted by atomic mass is 10.1. The zero-order valence-electron chi connectivity index (χ0n) is 8.15. The summed E-state index contributed by atoms with van der Waals surface area (Å²) in [5.41, 5.74) is 6.41. The molecule has 0 atom stereocenters. The first kappa shape index (κ1) is 10.2. The van der Waals surface area contributed by atoms with Crippen LogP contribution in [0, 0.1) is 6.92 Å². The van der Waals surface area contributed by atoms with E-state index in [0.29, 0.717) is 5.56 Å². The van der Waals surface area contributed by atoms with Crippen LogP contribution in [0.25, 0.3) is 0 Å². The number of urea groups is 1. The highest BCUT2D eigenvalue weighted by Crippen LogP contribution is 2.06. The Morgan fingerprint density at radius 2 is 2.00 bits per heavy atom. The van der Waals surface area contributed by atoms with E-state index in [0.717, 1.165) is 10.5 Å². The molecule has 4 nitrogen and oxygen atoms in total. The second-order valence-electron chi connectivity index (χ2n) is 3.07. The van der Waals surface area contributed by atoms with Crippen LogP contribution in [0.1, 0.15) is 15.9 Å². The summed E-state index contributed by atoms with van der Waals surface area (Å²) in [7, 11) is 1.35. The molecule has 1 aromatic rings. The number of carbonyl (C=O) groups excluding carboxylic acids is 2. The Morgan fingerprint density at radius 3 is 2.50 bits per heavy atom. The Bertz CT molecular complexity index is 374. The Balaban J connectivity index is 2.95. The van der Waals surface area contributed by atoms with E-state index in [-0.39, 0.29) is 5.91 Å². The van der Waals surface area contributed by atoms with Gasteiger partial charge in [0.05, 0.1) is 0 Å². The summed E-state index contributed by atoms with van der Waals surface area (Å²) in [6.45, 7) is 1.88. The van der Waals surface area contributed by atoms with E-state index in [1.54, 1.807) is 18.2 Å². The molecule has 0 heterocycles. The summed E-state index contributed by atoms with van der Waals surface area (Å²) in [5.74, 6) is -0.388. The Kier molecular flexibility index (Phi) is 2.86. The Morgan fingerprint density at radius 1 is 1.36 bits per heavy atom. The summed E-state index contributed by atoms with van der Waals surface area (Å²) >= 11 is 0. The van der Waals surface area contributed by atoms with Crippen molar-refractivity contribution >= 4 is 11.9 Å². The molecule has 14 heavy (non-hydrogen) atoms. The number of aryl methyl sites for hydroxylation is 1. The van der Waals surface area contributed by atoms with Crippen molar-refractivity contribution in [3.8, 4) is 0 Å². The van der Waals surface area contributed by atoms with Gasteiger partial charge in [0.15, 0.2) is 0 Å². The lowest BCUT2D eigenvalue weighted by Crippen LogP contribution is -2.37. The molecule has 0 aliphatic heterocycles. The van der Waals surface area contributed by atoms with Crippen LogP contribution in [0.5, 0.6) is 0 Å². The molecule has 0 bridgehead atoms. The van der Waals surface area contributed by atoms with Crippen LogP contribution in [0.2, 0.25) is 0 Å². The van der Waals surface area contributed by atoms with Gasteiger partial charge < -0.3 is 5.73 Å². The summed E-state index contributed by atoms with van der Waals surface area (Å²) < 4.78 is 0. The van der Waals surface area contributed by atoms with Gasteiger partial charge in [-0.05, 0) is 19.1 Å². The summed E-state index contributed by atoms with van der Waals surface area (Å²) in [6, 6.07) is 6.24. The van der Waals surface area contributed by atoms with Crippen LogP contribution in [0.3, 0.4) is 0 Å². The van der Waals surface area contributed by atoms with Gasteiger partial charge in [0.1, 0.15) is 0 Å². The zero-order valence-corrected chi connectivity index (χ0v) is 8.15. The molecule has 0 radical (unpaired) electrons. The van der Waals surface area contributed by atoms with Crippen molar-refractivity contribution in [3.63, 3.8) is 0 Å². The maximum absolute atomic E-state index is 11.6. The Labute approximate surface area is 82.3 Å². The van der Waals surface area contributed by atoms with Crippen molar-refractivity contribution in [2.45, 2.75) is 6.92 Å². The second-order valence-corrected chi connectivity index (χ2v) is 3.07. The van der Waals surface area contributed by atoms with Crippen molar-refractivity contribution < 1.29 is 9.59 Å². The van der Waals surface area contributed by atoms with Gasteiger partial charge in [-0.1, -0.05) is 17.7 Å². The van der Waals surface area contributed by atoms with Gasteiger partial charge >= 0.3 is 6.03 Å². The minimum Gasteiger partial charge on any atom is -0.351 e. The second kappa shape index (κ2) is 3.91. The van der Waals surface area contributed by atoms with Gasteiger partial charge in [-0.15, -0.1) is 0 Å². The van der Waals surface area contributed by atoms with Gasteiger partial charge in [-0.3, -0.25) is 9.69 Å². The number of hydrogen-bond donors (Lipinski definition) is 1. The van der Waals surface area contributed by atoms with Crippen LogP contribution < -0.4 is 5.73 Å². The molecule has 0 saturated heterocycles. The molecule has 0 unspecified atom stereocenters. The van der Waals surface area contributed by atoms with Crippen LogP contribution >= 0.6 is 0 Å². The highest BCUT2D eigenvalue weighted by Gasteiger charge is 2.15. The van der Waals surface area contributed by atoms with Gasteiger partial charge in [-0.2, -0.15) is 0 Å². The van der Waals surface area contributed by atoms with E-state index in [9.17, 15) is 9.59 Å². The normalized spacial score (nSPS) is 9.57. The fourth-order valence-corrected chi connectivity index (χ4v) is 1.07. The molecule has 0 aromatic heterocycles. The van der Waals surface area contributed by atoms with E-state index < -0.39 is 6.03 Å². The number of benzene rings is 1. The number of carbonyl (C=O) groups is 2. The first-order valence-corrected chi connectivity index (χ1v) is 4.16. The van der Waals surface area contributed by atoms with Gasteiger partial charge in [0.2, 0.25) is 0 Å². The average molecular weight is 192 g/mol. The topological polar surface area (TPSA) is 63.4 Å². The molecular weight excluding hydrogens is 180 g/mol.